The Hall–Kier alpha value is -2.50. The fourth-order valence-corrected chi connectivity index (χ4v) is 2.17. The second kappa shape index (κ2) is 4.00. The van der Waals surface area contributed by atoms with Crippen LogP contribution in [0.25, 0.3) is 21.7 Å². The summed E-state index contributed by atoms with van der Waals surface area (Å²) in [4.78, 5) is 11.3. The average molecular weight is 280 g/mol. The van der Waals surface area contributed by atoms with Crippen molar-refractivity contribution in [1.82, 2.24) is 0 Å². The highest BCUT2D eigenvalue weighted by Gasteiger charge is 2.34. The Morgan fingerprint density at radius 2 is 1.70 bits per heavy atom. The summed E-state index contributed by atoms with van der Waals surface area (Å²) >= 11 is 0. The van der Waals surface area contributed by atoms with Crippen LogP contribution in [0.5, 0.6) is 5.75 Å². The van der Waals surface area contributed by atoms with E-state index < -0.39 is 17.4 Å². The number of fused-ring (bicyclic) bond motifs is 3. The molecule has 1 heterocycles. The van der Waals surface area contributed by atoms with E-state index >= 15 is 0 Å². The molecule has 0 unspecified atom stereocenters. The molecule has 0 aliphatic rings. The SMILES string of the molecule is O=c1cc(C(F)(F)F)c2ccc3cc(O)ccc3c2o1. The van der Waals surface area contributed by atoms with Crippen LogP contribution in [-0.2, 0) is 6.18 Å². The Bertz CT molecular complexity index is 878. The van der Waals surface area contributed by atoms with E-state index in [0.717, 1.165) is 0 Å². The van der Waals surface area contributed by atoms with Crippen molar-refractivity contribution in [1.29, 1.82) is 0 Å². The Morgan fingerprint density at radius 3 is 2.40 bits per heavy atom. The van der Waals surface area contributed by atoms with Gasteiger partial charge in [0.2, 0.25) is 0 Å². The molecule has 0 saturated carbocycles. The molecule has 0 saturated heterocycles. The number of hydrogen-bond acceptors (Lipinski definition) is 3. The van der Waals surface area contributed by atoms with Crippen LogP contribution in [0.4, 0.5) is 13.2 Å². The first-order valence-corrected chi connectivity index (χ1v) is 5.63. The van der Waals surface area contributed by atoms with E-state index in [4.69, 9.17) is 4.42 Å². The largest absolute Gasteiger partial charge is 0.508 e. The third-order valence-electron chi connectivity index (χ3n) is 3.01. The van der Waals surface area contributed by atoms with Crippen LogP contribution < -0.4 is 5.63 Å². The summed E-state index contributed by atoms with van der Waals surface area (Å²) in [6.45, 7) is 0. The maximum absolute atomic E-state index is 12.9. The van der Waals surface area contributed by atoms with Crippen molar-refractivity contribution in [3.8, 4) is 5.75 Å². The van der Waals surface area contributed by atoms with E-state index in [1.807, 2.05) is 0 Å². The molecule has 3 nitrogen and oxygen atoms in total. The van der Waals surface area contributed by atoms with Gasteiger partial charge in [-0.3, -0.25) is 0 Å². The highest BCUT2D eigenvalue weighted by molar-refractivity contribution is 6.05. The van der Waals surface area contributed by atoms with E-state index in [1.54, 1.807) is 0 Å². The lowest BCUT2D eigenvalue weighted by molar-refractivity contribution is -0.136. The van der Waals surface area contributed by atoms with Crippen molar-refractivity contribution in [3.63, 3.8) is 0 Å². The molecule has 1 aromatic heterocycles. The predicted octanol–water partition coefficient (Wildman–Crippen LogP) is 3.67. The van der Waals surface area contributed by atoms with E-state index in [-0.39, 0.29) is 16.7 Å². The lowest BCUT2D eigenvalue weighted by Gasteiger charge is -2.10. The minimum Gasteiger partial charge on any atom is -0.508 e. The van der Waals surface area contributed by atoms with Crippen molar-refractivity contribution in [2.45, 2.75) is 6.18 Å². The number of benzene rings is 2. The molecule has 0 aliphatic heterocycles. The number of phenols is 1. The van der Waals surface area contributed by atoms with Gasteiger partial charge >= 0.3 is 11.8 Å². The molecule has 0 radical (unpaired) electrons. The predicted molar refractivity (Wildman–Crippen MR) is 66.7 cm³/mol. The monoisotopic (exact) mass is 280 g/mol. The standard InChI is InChI=1S/C14H7F3O3/c15-14(16,17)11-6-12(19)20-13-9-4-2-8(18)5-7(9)1-3-10(11)13/h1-6,18H. The van der Waals surface area contributed by atoms with E-state index in [9.17, 15) is 23.1 Å². The average Bonchev–Trinajstić information content (AvgIpc) is 2.36. The first-order chi connectivity index (χ1) is 9.36. The van der Waals surface area contributed by atoms with Crippen LogP contribution in [0.15, 0.2) is 45.6 Å². The van der Waals surface area contributed by atoms with Crippen molar-refractivity contribution < 1.29 is 22.7 Å². The fraction of sp³-hybridized carbons (Fsp3) is 0.0714. The molecular formula is C14H7F3O3. The van der Waals surface area contributed by atoms with Crippen LogP contribution in [0, 0.1) is 0 Å². The third kappa shape index (κ3) is 1.89. The van der Waals surface area contributed by atoms with E-state index in [1.165, 1.54) is 30.3 Å². The molecule has 0 spiro atoms. The van der Waals surface area contributed by atoms with Gasteiger partial charge in [-0.15, -0.1) is 0 Å². The smallest absolute Gasteiger partial charge is 0.417 e. The van der Waals surface area contributed by atoms with Gasteiger partial charge in [0.05, 0.1) is 5.56 Å². The number of aromatic hydroxyl groups is 1. The van der Waals surface area contributed by atoms with Gasteiger partial charge in [0, 0.05) is 16.8 Å². The van der Waals surface area contributed by atoms with Crippen LogP contribution in [0.3, 0.4) is 0 Å². The molecule has 102 valence electrons. The molecule has 20 heavy (non-hydrogen) atoms. The summed E-state index contributed by atoms with van der Waals surface area (Å²) in [5, 5.41) is 10.0. The number of phenolic OH excluding ortho intramolecular Hbond substituents is 1. The maximum atomic E-state index is 12.9. The highest BCUT2D eigenvalue weighted by atomic mass is 19.4. The van der Waals surface area contributed by atoms with Gasteiger partial charge in [0.1, 0.15) is 11.3 Å². The fourth-order valence-electron chi connectivity index (χ4n) is 2.17. The Labute approximate surface area is 109 Å². The highest BCUT2D eigenvalue weighted by Crippen LogP contribution is 2.36. The molecule has 6 heteroatoms. The molecule has 2 aromatic carbocycles. The summed E-state index contributed by atoms with van der Waals surface area (Å²) in [6.07, 6.45) is -4.64. The molecule has 3 rings (SSSR count). The van der Waals surface area contributed by atoms with Gasteiger partial charge in [-0.2, -0.15) is 13.2 Å². The van der Waals surface area contributed by atoms with E-state index in [0.29, 0.717) is 16.8 Å². The topological polar surface area (TPSA) is 50.4 Å². The molecule has 0 fully saturated rings. The van der Waals surface area contributed by atoms with Gasteiger partial charge in [0.15, 0.2) is 0 Å². The first kappa shape index (κ1) is 12.5. The van der Waals surface area contributed by atoms with Gasteiger partial charge in [0.25, 0.3) is 0 Å². The lowest BCUT2D eigenvalue weighted by Crippen LogP contribution is -2.11. The molecule has 0 atom stereocenters. The quantitative estimate of drug-likeness (QED) is 0.505. The van der Waals surface area contributed by atoms with E-state index in [2.05, 4.69) is 0 Å². The number of halogens is 3. The Balaban J connectivity index is 2.53. The number of rotatable bonds is 0. The Kier molecular flexibility index (Phi) is 2.50. The molecule has 0 aliphatic carbocycles. The number of alkyl halides is 3. The number of hydrogen-bond donors (Lipinski definition) is 1. The summed E-state index contributed by atoms with van der Waals surface area (Å²) in [7, 11) is 0. The van der Waals surface area contributed by atoms with Crippen LogP contribution in [0.1, 0.15) is 5.56 Å². The Morgan fingerprint density at radius 1 is 1.00 bits per heavy atom. The second-order valence-electron chi connectivity index (χ2n) is 4.32. The summed E-state index contributed by atoms with van der Waals surface area (Å²) < 4.78 is 43.7. The normalized spacial score (nSPS) is 12.2. The van der Waals surface area contributed by atoms with Crippen molar-refractivity contribution >= 4 is 21.7 Å². The zero-order chi connectivity index (χ0) is 14.5. The minimum atomic E-state index is -4.64. The summed E-state index contributed by atoms with van der Waals surface area (Å²) in [6, 6.07) is 7.22. The van der Waals surface area contributed by atoms with Gasteiger partial charge < -0.3 is 9.52 Å². The molecule has 3 aromatic rings. The third-order valence-corrected chi connectivity index (χ3v) is 3.01. The minimum absolute atomic E-state index is 0.0221. The second-order valence-corrected chi connectivity index (χ2v) is 4.32. The molecule has 0 amide bonds. The first-order valence-electron chi connectivity index (χ1n) is 5.63. The van der Waals surface area contributed by atoms with Gasteiger partial charge in [-0.1, -0.05) is 6.07 Å². The molecule has 0 bridgehead atoms. The summed E-state index contributed by atoms with van der Waals surface area (Å²) in [5.41, 5.74) is -2.23. The molecular weight excluding hydrogens is 273 g/mol. The lowest BCUT2D eigenvalue weighted by atomic mass is 10.0. The zero-order valence-electron chi connectivity index (χ0n) is 9.86. The summed E-state index contributed by atoms with van der Waals surface area (Å²) in [5.74, 6) is -0.0221. The molecule has 1 N–H and O–H groups in total. The van der Waals surface area contributed by atoms with Crippen LogP contribution in [0.2, 0.25) is 0 Å². The van der Waals surface area contributed by atoms with Gasteiger partial charge in [-0.25, -0.2) is 4.79 Å². The van der Waals surface area contributed by atoms with Crippen LogP contribution in [-0.4, -0.2) is 5.11 Å². The van der Waals surface area contributed by atoms with Crippen molar-refractivity contribution in [2.75, 3.05) is 0 Å². The van der Waals surface area contributed by atoms with Gasteiger partial charge in [-0.05, 0) is 29.7 Å². The van der Waals surface area contributed by atoms with Crippen LogP contribution >= 0.6 is 0 Å². The maximum Gasteiger partial charge on any atom is 0.417 e. The van der Waals surface area contributed by atoms with Crippen molar-refractivity contribution in [2.24, 2.45) is 0 Å². The van der Waals surface area contributed by atoms with Crippen molar-refractivity contribution in [3.05, 3.63) is 52.4 Å². The zero-order valence-corrected chi connectivity index (χ0v) is 9.86.